The normalized spacial score (nSPS) is 10.9. The zero-order valence-electron chi connectivity index (χ0n) is 18.2. The van der Waals surface area contributed by atoms with Crippen LogP contribution in [0.15, 0.2) is 76.3 Å². The highest BCUT2D eigenvalue weighted by Crippen LogP contribution is 2.20. The molecule has 7 nitrogen and oxygen atoms in total. The van der Waals surface area contributed by atoms with Gasteiger partial charge in [0, 0.05) is 6.54 Å². The summed E-state index contributed by atoms with van der Waals surface area (Å²) in [5.41, 5.74) is 1.07. The number of rotatable bonds is 6. The Balaban J connectivity index is 1.78. The van der Waals surface area contributed by atoms with Gasteiger partial charge in [0.2, 0.25) is 5.91 Å². The van der Waals surface area contributed by atoms with E-state index in [9.17, 15) is 18.8 Å². The van der Waals surface area contributed by atoms with Gasteiger partial charge in [-0.1, -0.05) is 35.9 Å². The monoisotopic (exact) mass is 447 g/mol. The molecule has 0 atom stereocenters. The molecule has 0 unspecified atom stereocenters. The third-order valence-electron chi connectivity index (χ3n) is 5.33. The Bertz CT molecular complexity index is 1460. The maximum Gasteiger partial charge on any atom is 0.336 e. The van der Waals surface area contributed by atoms with E-state index in [1.54, 1.807) is 54.6 Å². The summed E-state index contributed by atoms with van der Waals surface area (Å²) in [6, 6.07) is 17.6. The number of methoxy groups -OCH3 is 1. The summed E-state index contributed by atoms with van der Waals surface area (Å²) in [5, 5.41) is 3.05. The number of halogens is 1. The summed E-state index contributed by atoms with van der Waals surface area (Å²) in [6.07, 6.45) is 0. The van der Waals surface area contributed by atoms with Gasteiger partial charge >= 0.3 is 5.69 Å². The number of aromatic nitrogens is 2. The molecule has 168 valence electrons. The highest BCUT2D eigenvalue weighted by molar-refractivity contribution is 5.82. The number of benzene rings is 3. The molecule has 1 heterocycles. The number of nitrogens with one attached hydrogen (secondary N) is 1. The van der Waals surface area contributed by atoms with Crippen LogP contribution in [0.1, 0.15) is 11.1 Å². The molecule has 0 aliphatic carbocycles. The van der Waals surface area contributed by atoms with Crippen LogP contribution in [0.5, 0.6) is 5.75 Å². The lowest BCUT2D eigenvalue weighted by Crippen LogP contribution is -2.42. The van der Waals surface area contributed by atoms with E-state index in [1.807, 2.05) is 6.92 Å². The maximum absolute atomic E-state index is 13.5. The molecule has 0 aliphatic rings. The molecule has 0 aliphatic heterocycles. The second-order valence-corrected chi connectivity index (χ2v) is 7.60. The van der Waals surface area contributed by atoms with Crippen LogP contribution in [0.3, 0.4) is 0 Å². The highest BCUT2D eigenvalue weighted by Gasteiger charge is 2.18. The molecule has 0 saturated heterocycles. The Morgan fingerprint density at radius 1 is 1.03 bits per heavy atom. The van der Waals surface area contributed by atoms with E-state index in [0.29, 0.717) is 22.3 Å². The molecule has 3 aromatic carbocycles. The van der Waals surface area contributed by atoms with Crippen molar-refractivity contribution in [1.82, 2.24) is 14.5 Å². The largest absolute Gasteiger partial charge is 0.495 e. The Labute approximate surface area is 188 Å². The van der Waals surface area contributed by atoms with Gasteiger partial charge in [0.25, 0.3) is 5.56 Å². The van der Waals surface area contributed by atoms with E-state index in [4.69, 9.17) is 4.74 Å². The predicted octanol–water partition coefficient (Wildman–Crippen LogP) is 2.92. The number of carbonyl (C=O) groups is 1. The summed E-state index contributed by atoms with van der Waals surface area (Å²) >= 11 is 0. The first-order valence-corrected chi connectivity index (χ1v) is 10.3. The molecule has 0 fully saturated rings. The van der Waals surface area contributed by atoms with Crippen LogP contribution in [-0.2, 0) is 17.9 Å². The number of ether oxygens (including phenoxy) is 1. The van der Waals surface area contributed by atoms with Crippen LogP contribution < -0.4 is 21.3 Å². The Hall–Kier alpha value is -4.20. The quantitative estimate of drug-likeness (QED) is 0.493. The Morgan fingerprint density at radius 2 is 1.76 bits per heavy atom. The van der Waals surface area contributed by atoms with Crippen molar-refractivity contribution in [1.29, 1.82) is 0 Å². The average Bonchev–Trinajstić information content (AvgIpc) is 2.82. The SMILES string of the molecule is COc1ccccc1-n1c(=O)c2cc(C)ccc2n(CC(=O)NCc2ccc(F)cc2)c1=O. The first kappa shape index (κ1) is 22.0. The van der Waals surface area contributed by atoms with Gasteiger partial charge in [-0.25, -0.2) is 13.8 Å². The molecule has 1 amide bonds. The maximum atomic E-state index is 13.5. The number of hydrogen-bond donors (Lipinski definition) is 1. The van der Waals surface area contributed by atoms with E-state index in [2.05, 4.69) is 5.32 Å². The fourth-order valence-electron chi connectivity index (χ4n) is 3.67. The lowest BCUT2D eigenvalue weighted by molar-refractivity contribution is -0.121. The molecule has 1 aromatic heterocycles. The number of amides is 1. The number of nitrogens with zero attached hydrogens (tertiary/aromatic N) is 2. The van der Waals surface area contributed by atoms with Gasteiger partial charge in [0.05, 0.1) is 23.7 Å². The van der Waals surface area contributed by atoms with Crippen LogP contribution >= 0.6 is 0 Å². The number of fused-ring (bicyclic) bond motifs is 1. The molecule has 33 heavy (non-hydrogen) atoms. The standard InChI is InChI=1S/C25H22FN3O4/c1-16-7-12-20-19(13-16)24(31)29(21-5-3-4-6-22(21)33-2)25(32)28(20)15-23(30)27-14-17-8-10-18(26)11-9-17/h3-13H,14-15H2,1-2H3,(H,27,30). The van der Waals surface area contributed by atoms with Crippen molar-refractivity contribution in [2.75, 3.05) is 7.11 Å². The minimum Gasteiger partial charge on any atom is -0.495 e. The zero-order chi connectivity index (χ0) is 23.5. The van der Waals surface area contributed by atoms with Gasteiger partial charge in [-0.3, -0.25) is 14.2 Å². The fourth-order valence-corrected chi connectivity index (χ4v) is 3.67. The van der Waals surface area contributed by atoms with Crippen LogP contribution in [0.4, 0.5) is 4.39 Å². The van der Waals surface area contributed by atoms with Crippen molar-refractivity contribution in [3.8, 4) is 11.4 Å². The van der Waals surface area contributed by atoms with Crippen molar-refractivity contribution in [2.45, 2.75) is 20.0 Å². The van der Waals surface area contributed by atoms with E-state index in [-0.39, 0.29) is 18.9 Å². The lowest BCUT2D eigenvalue weighted by atomic mass is 10.1. The van der Waals surface area contributed by atoms with Gasteiger partial charge in [0.1, 0.15) is 18.1 Å². The van der Waals surface area contributed by atoms with Crippen molar-refractivity contribution >= 4 is 16.8 Å². The van der Waals surface area contributed by atoms with Crippen molar-refractivity contribution < 1.29 is 13.9 Å². The summed E-state index contributed by atoms with van der Waals surface area (Å²) in [4.78, 5) is 39.5. The zero-order valence-corrected chi connectivity index (χ0v) is 18.2. The number of aryl methyl sites for hydroxylation is 1. The Kier molecular flexibility index (Phi) is 6.08. The van der Waals surface area contributed by atoms with E-state index in [0.717, 1.165) is 15.7 Å². The first-order chi connectivity index (χ1) is 15.9. The van der Waals surface area contributed by atoms with Crippen LogP contribution in [0, 0.1) is 12.7 Å². The second kappa shape index (κ2) is 9.12. The van der Waals surface area contributed by atoms with Crippen molar-refractivity contribution in [3.05, 3.63) is 105 Å². The first-order valence-electron chi connectivity index (χ1n) is 10.3. The lowest BCUT2D eigenvalue weighted by Gasteiger charge is -2.16. The van der Waals surface area contributed by atoms with Gasteiger partial charge < -0.3 is 10.1 Å². The molecule has 0 spiro atoms. The molecule has 0 saturated carbocycles. The topological polar surface area (TPSA) is 82.3 Å². The average molecular weight is 447 g/mol. The third-order valence-corrected chi connectivity index (χ3v) is 5.33. The fraction of sp³-hybridized carbons (Fsp3) is 0.160. The molecular weight excluding hydrogens is 425 g/mol. The van der Waals surface area contributed by atoms with E-state index >= 15 is 0 Å². The van der Waals surface area contributed by atoms with Crippen LogP contribution in [-0.4, -0.2) is 22.2 Å². The van der Waals surface area contributed by atoms with Crippen molar-refractivity contribution in [3.63, 3.8) is 0 Å². The molecule has 4 aromatic rings. The van der Waals surface area contributed by atoms with E-state index in [1.165, 1.54) is 23.8 Å². The molecular formula is C25H22FN3O4. The summed E-state index contributed by atoms with van der Waals surface area (Å²) in [6.45, 7) is 1.73. The predicted molar refractivity (Wildman–Crippen MR) is 123 cm³/mol. The van der Waals surface area contributed by atoms with Crippen molar-refractivity contribution in [2.24, 2.45) is 0 Å². The molecule has 0 radical (unpaired) electrons. The number of carbonyl (C=O) groups excluding carboxylic acids is 1. The van der Waals surface area contributed by atoms with Gasteiger partial charge in [-0.05, 0) is 48.9 Å². The third kappa shape index (κ3) is 4.41. The summed E-state index contributed by atoms with van der Waals surface area (Å²) in [5.74, 6) is -0.429. The minimum atomic E-state index is -0.655. The van der Waals surface area contributed by atoms with Crippen LogP contribution in [0.2, 0.25) is 0 Å². The van der Waals surface area contributed by atoms with Gasteiger partial charge in [-0.15, -0.1) is 0 Å². The minimum absolute atomic E-state index is 0.178. The molecule has 1 N–H and O–H groups in total. The number of hydrogen-bond acceptors (Lipinski definition) is 4. The van der Waals surface area contributed by atoms with Gasteiger partial charge in [-0.2, -0.15) is 0 Å². The molecule has 8 heteroatoms. The highest BCUT2D eigenvalue weighted by atomic mass is 19.1. The molecule has 4 rings (SSSR count). The molecule has 0 bridgehead atoms. The number of para-hydroxylation sites is 2. The summed E-state index contributed by atoms with van der Waals surface area (Å²) < 4.78 is 20.7. The Morgan fingerprint density at radius 3 is 2.48 bits per heavy atom. The van der Waals surface area contributed by atoms with E-state index < -0.39 is 17.2 Å². The second-order valence-electron chi connectivity index (χ2n) is 7.60. The van der Waals surface area contributed by atoms with Crippen LogP contribution in [0.25, 0.3) is 16.6 Å². The smallest absolute Gasteiger partial charge is 0.336 e. The van der Waals surface area contributed by atoms with Gasteiger partial charge in [0.15, 0.2) is 0 Å². The summed E-state index contributed by atoms with van der Waals surface area (Å²) in [7, 11) is 1.45.